The second kappa shape index (κ2) is 8.63. The Bertz CT molecular complexity index is 1020. The molecule has 2 heterocycles. The molecule has 0 aromatic heterocycles. The van der Waals surface area contributed by atoms with E-state index in [1.807, 2.05) is 6.07 Å². The van der Waals surface area contributed by atoms with E-state index in [0.29, 0.717) is 46.8 Å². The van der Waals surface area contributed by atoms with Gasteiger partial charge in [0.05, 0.1) is 25.3 Å². The number of hydrogen-bond acceptors (Lipinski definition) is 6. The number of aromatic hydroxyl groups is 1. The Hall–Kier alpha value is -2.99. The standard InChI is InChI=1S/C25H29NO5/c1-15-9-16(2)13-26(12-15)14-19-20(27)7-6-18-24(28)23(31-25(18)19)11-17-5-8-21(29-3)22(10-17)30-4/h5-8,10-11,15-16,27H,9,12-14H2,1-4H3/b23-11-/t15-,16-/m1/s1. The predicted molar refractivity (Wildman–Crippen MR) is 119 cm³/mol. The van der Waals surface area contributed by atoms with E-state index in [9.17, 15) is 9.90 Å². The largest absolute Gasteiger partial charge is 0.507 e. The van der Waals surface area contributed by atoms with Crippen molar-refractivity contribution < 1.29 is 24.1 Å². The molecule has 2 aliphatic heterocycles. The molecule has 0 saturated carbocycles. The van der Waals surface area contributed by atoms with Gasteiger partial charge in [-0.15, -0.1) is 0 Å². The van der Waals surface area contributed by atoms with Crippen molar-refractivity contribution in [2.75, 3.05) is 27.3 Å². The third-order valence-electron chi connectivity index (χ3n) is 5.95. The number of phenols is 1. The molecule has 1 saturated heterocycles. The number of likely N-dealkylation sites (tertiary alicyclic amines) is 1. The van der Waals surface area contributed by atoms with Crippen molar-refractivity contribution >= 4 is 11.9 Å². The first-order chi connectivity index (χ1) is 14.9. The van der Waals surface area contributed by atoms with Crippen molar-refractivity contribution in [3.8, 4) is 23.0 Å². The molecule has 0 spiro atoms. The maximum atomic E-state index is 13.0. The number of ether oxygens (including phenoxy) is 3. The molecule has 2 aromatic rings. The smallest absolute Gasteiger partial charge is 0.231 e. The zero-order valence-electron chi connectivity index (χ0n) is 18.5. The quantitative estimate of drug-likeness (QED) is 0.714. The number of carbonyl (C=O) groups excluding carboxylic acids is 1. The molecular formula is C25H29NO5. The Morgan fingerprint density at radius 3 is 2.48 bits per heavy atom. The molecular weight excluding hydrogens is 394 g/mol. The number of piperidine rings is 1. The first kappa shape index (κ1) is 21.2. The number of fused-ring (bicyclic) bond motifs is 1. The van der Waals surface area contributed by atoms with Crippen LogP contribution in [0.15, 0.2) is 36.1 Å². The van der Waals surface area contributed by atoms with Crippen molar-refractivity contribution in [2.24, 2.45) is 11.8 Å². The van der Waals surface area contributed by atoms with Gasteiger partial charge >= 0.3 is 0 Å². The number of Topliss-reactive ketones (excluding diaryl/α,β-unsaturated/α-hetero) is 1. The van der Waals surface area contributed by atoms with Gasteiger partial charge in [0, 0.05) is 19.6 Å². The molecule has 0 unspecified atom stereocenters. The van der Waals surface area contributed by atoms with Crippen LogP contribution in [0, 0.1) is 11.8 Å². The van der Waals surface area contributed by atoms with Crippen LogP contribution in [0.3, 0.4) is 0 Å². The highest BCUT2D eigenvalue weighted by atomic mass is 16.5. The maximum Gasteiger partial charge on any atom is 0.231 e. The minimum atomic E-state index is -0.189. The van der Waals surface area contributed by atoms with Crippen LogP contribution < -0.4 is 14.2 Å². The molecule has 6 heteroatoms. The molecule has 31 heavy (non-hydrogen) atoms. The van der Waals surface area contributed by atoms with Crippen LogP contribution in [0.1, 0.15) is 41.8 Å². The fourth-order valence-corrected chi connectivity index (χ4v) is 4.69. The number of nitrogens with zero attached hydrogens (tertiary/aromatic N) is 1. The topological polar surface area (TPSA) is 68.2 Å². The van der Waals surface area contributed by atoms with E-state index in [0.717, 1.165) is 18.7 Å². The van der Waals surface area contributed by atoms with Gasteiger partial charge in [0.1, 0.15) is 11.5 Å². The molecule has 0 aliphatic carbocycles. The Labute approximate surface area is 183 Å². The van der Waals surface area contributed by atoms with Gasteiger partial charge in [-0.2, -0.15) is 0 Å². The van der Waals surface area contributed by atoms with Crippen LogP contribution in [-0.4, -0.2) is 43.1 Å². The summed E-state index contributed by atoms with van der Waals surface area (Å²) >= 11 is 0. The highest BCUT2D eigenvalue weighted by Gasteiger charge is 2.32. The van der Waals surface area contributed by atoms with E-state index in [1.165, 1.54) is 6.42 Å². The molecule has 1 N–H and O–H groups in total. The van der Waals surface area contributed by atoms with Gasteiger partial charge in [0.15, 0.2) is 17.3 Å². The minimum absolute atomic E-state index is 0.157. The van der Waals surface area contributed by atoms with Crippen molar-refractivity contribution in [2.45, 2.75) is 26.8 Å². The Kier molecular flexibility index (Phi) is 5.92. The molecule has 2 aromatic carbocycles. The molecule has 1 fully saturated rings. The summed E-state index contributed by atoms with van der Waals surface area (Å²) in [7, 11) is 3.15. The minimum Gasteiger partial charge on any atom is -0.507 e. The molecule has 2 atom stereocenters. The van der Waals surface area contributed by atoms with E-state index in [1.54, 1.807) is 44.6 Å². The molecule has 4 rings (SSSR count). The van der Waals surface area contributed by atoms with Gasteiger partial charge in [-0.3, -0.25) is 9.69 Å². The van der Waals surface area contributed by atoms with Crippen LogP contribution in [-0.2, 0) is 6.54 Å². The van der Waals surface area contributed by atoms with E-state index in [2.05, 4.69) is 18.7 Å². The summed E-state index contributed by atoms with van der Waals surface area (Å²) in [5.74, 6) is 3.06. The Balaban J connectivity index is 1.63. The first-order valence-electron chi connectivity index (χ1n) is 10.6. The summed E-state index contributed by atoms with van der Waals surface area (Å²) in [6.07, 6.45) is 2.90. The van der Waals surface area contributed by atoms with E-state index >= 15 is 0 Å². The van der Waals surface area contributed by atoms with E-state index in [-0.39, 0.29) is 17.3 Å². The lowest BCUT2D eigenvalue weighted by atomic mass is 9.91. The van der Waals surface area contributed by atoms with Gasteiger partial charge in [-0.05, 0) is 54.2 Å². The van der Waals surface area contributed by atoms with E-state index in [4.69, 9.17) is 14.2 Å². The molecule has 0 radical (unpaired) electrons. The monoisotopic (exact) mass is 423 g/mol. The fourth-order valence-electron chi connectivity index (χ4n) is 4.69. The molecule has 164 valence electrons. The molecule has 6 nitrogen and oxygen atoms in total. The number of methoxy groups -OCH3 is 2. The number of carbonyl (C=O) groups is 1. The zero-order chi connectivity index (χ0) is 22.1. The number of benzene rings is 2. The summed E-state index contributed by atoms with van der Waals surface area (Å²) in [4.78, 5) is 15.3. The van der Waals surface area contributed by atoms with Crippen LogP contribution in [0.2, 0.25) is 0 Å². The fraction of sp³-hybridized carbons (Fsp3) is 0.400. The van der Waals surface area contributed by atoms with Crippen LogP contribution in [0.5, 0.6) is 23.0 Å². The summed E-state index contributed by atoms with van der Waals surface area (Å²) in [6.45, 7) is 7.00. The van der Waals surface area contributed by atoms with Crippen molar-refractivity contribution in [1.29, 1.82) is 0 Å². The average molecular weight is 424 g/mol. The SMILES string of the molecule is COc1ccc(/C=C2\Oc3c(ccc(O)c3CN3C[C@H](C)C[C@@H](C)C3)C2=O)cc1OC. The van der Waals surface area contributed by atoms with Crippen LogP contribution in [0.25, 0.3) is 6.08 Å². The van der Waals surface area contributed by atoms with Gasteiger partial charge in [-0.1, -0.05) is 19.9 Å². The number of phenolic OH excluding ortho intramolecular Hbond substituents is 1. The second-order valence-electron chi connectivity index (χ2n) is 8.63. The third kappa shape index (κ3) is 4.26. The lowest BCUT2D eigenvalue weighted by Gasteiger charge is -2.35. The van der Waals surface area contributed by atoms with Crippen molar-refractivity contribution in [1.82, 2.24) is 4.90 Å². The zero-order valence-corrected chi connectivity index (χ0v) is 18.5. The van der Waals surface area contributed by atoms with Gasteiger partial charge < -0.3 is 19.3 Å². The second-order valence-corrected chi connectivity index (χ2v) is 8.63. The van der Waals surface area contributed by atoms with Crippen molar-refractivity contribution in [3.63, 3.8) is 0 Å². The lowest BCUT2D eigenvalue weighted by Crippen LogP contribution is -2.38. The summed E-state index contributed by atoms with van der Waals surface area (Å²) in [5.41, 5.74) is 1.92. The predicted octanol–water partition coefficient (Wildman–Crippen LogP) is 4.50. The number of allylic oxidation sites excluding steroid dienone is 1. The van der Waals surface area contributed by atoms with Crippen LogP contribution >= 0.6 is 0 Å². The van der Waals surface area contributed by atoms with Crippen molar-refractivity contribution in [3.05, 3.63) is 52.8 Å². The molecule has 0 bridgehead atoms. The summed E-state index contributed by atoms with van der Waals surface area (Å²) < 4.78 is 16.6. The molecule has 2 aliphatic rings. The summed E-state index contributed by atoms with van der Waals surface area (Å²) in [5, 5.41) is 10.6. The maximum absolute atomic E-state index is 13.0. The van der Waals surface area contributed by atoms with Crippen LogP contribution in [0.4, 0.5) is 0 Å². The number of rotatable bonds is 5. The number of ketones is 1. The third-order valence-corrected chi connectivity index (χ3v) is 5.95. The summed E-state index contributed by atoms with van der Waals surface area (Å²) in [6, 6.07) is 8.63. The highest BCUT2D eigenvalue weighted by Crippen LogP contribution is 2.41. The molecule has 0 amide bonds. The van der Waals surface area contributed by atoms with Gasteiger partial charge in [-0.25, -0.2) is 0 Å². The Morgan fingerprint density at radius 2 is 1.81 bits per heavy atom. The lowest BCUT2D eigenvalue weighted by molar-refractivity contribution is 0.101. The average Bonchev–Trinajstić information content (AvgIpc) is 3.05. The normalized spacial score (nSPS) is 22.3. The van der Waals surface area contributed by atoms with E-state index < -0.39 is 0 Å². The van der Waals surface area contributed by atoms with Gasteiger partial charge in [0.25, 0.3) is 0 Å². The van der Waals surface area contributed by atoms with Gasteiger partial charge in [0.2, 0.25) is 5.78 Å². The highest BCUT2D eigenvalue weighted by molar-refractivity contribution is 6.15. The Morgan fingerprint density at radius 1 is 1.10 bits per heavy atom. The first-order valence-corrected chi connectivity index (χ1v) is 10.6. The number of hydrogen-bond donors (Lipinski definition) is 1.